The highest BCUT2D eigenvalue weighted by atomic mass is 32.1. The topological polar surface area (TPSA) is 73.9 Å². The van der Waals surface area contributed by atoms with E-state index in [1.54, 1.807) is 18.3 Å². The fraction of sp³-hybridized carbons (Fsp3) is 0.350. The summed E-state index contributed by atoms with van der Waals surface area (Å²) in [7, 11) is 0. The number of thiophene rings is 1. The number of carbonyl (C=O) groups excluding carboxylic acids is 1. The Morgan fingerprint density at radius 2 is 2.11 bits per heavy atom. The van der Waals surface area contributed by atoms with Crippen LogP contribution in [0.5, 0.6) is 0 Å². The fourth-order valence-electron chi connectivity index (χ4n) is 3.62. The highest BCUT2D eigenvalue weighted by molar-refractivity contribution is 7.10. The lowest BCUT2D eigenvalue weighted by Gasteiger charge is -2.16. The van der Waals surface area contributed by atoms with Gasteiger partial charge in [-0.1, -0.05) is 30.3 Å². The Morgan fingerprint density at radius 1 is 1.30 bits per heavy atom. The first kappa shape index (κ1) is 17.9. The summed E-state index contributed by atoms with van der Waals surface area (Å²) in [5.74, 6) is 1.61. The molecule has 0 unspecified atom stereocenters. The Bertz CT molecular complexity index is 919. The first-order valence-corrected chi connectivity index (χ1v) is 9.98. The quantitative estimate of drug-likeness (QED) is 0.713. The molecule has 140 valence electrons. The van der Waals surface area contributed by atoms with Crippen molar-refractivity contribution in [2.45, 2.75) is 32.4 Å². The summed E-state index contributed by atoms with van der Waals surface area (Å²) in [4.78, 5) is 20.2. The minimum absolute atomic E-state index is 0.0121. The highest BCUT2D eigenvalue weighted by Gasteiger charge is 2.36. The van der Waals surface area contributed by atoms with Gasteiger partial charge in [0, 0.05) is 37.0 Å². The molecule has 1 aliphatic heterocycles. The zero-order valence-electron chi connectivity index (χ0n) is 15.5. The molecular weight excluding hydrogens is 358 g/mol. The average molecular weight is 382 g/mol. The Kier molecular flexibility index (Phi) is 5.05. The van der Waals surface area contributed by atoms with E-state index in [1.807, 2.05) is 30.3 Å². The van der Waals surface area contributed by atoms with Crippen LogP contribution < -0.4 is 5.32 Å². The first-order chi connectivity index (χ1) is 13.1. The zero-order chi connectivity index (χ0) is 18.8. The summed E-state index contributed by atoms with van der Waals surface area (Å²) in [6, 6.07) is 12.1. The van der Waals surface area contributed by atoms with Crippen molar-refractivity contribution in [2.75, 3.05) is 13.1 Å². The first-order valence-electron chi connectivity index (χ1n) is 9.10. The molecule has 7 heteroatoms. The molecule has 0 saturated carbocycles. The van der Waals surface area contributed by atoms with Gasteiger partial charge in [-0.2, -0.15) is 5.10 Å². The normalized spacial score (nSPS) is 20.1. The van der Waals surface area contributed by atoms with Crippen molar-refractivity contribution in [1.29, 1.82) is 0 Å². The lowest BCUT2D eigenvalue weighted by atomic mass is 10.0. The lowest BCUT2D eigenvalue weighted by molar-refractivity contribution is -0.119. The number of likely N-dealkylation sites (tertiary alicyclic amines) is 1. The molecule has 4 rings (SSSR count). The molecule has 3 aromatic rings. The molecule has 0 bridgehead atoms. The molecule has 0 radical (unpaired) electrons. The number of benzene rings is 1. The molecule has 0 aliphatic carbocycles. The van der Waals surface area contributed by atoms with Crippen LogP contribution in [0, 0.1) is 6.92 Å². The molecule has 1 amide bonds. The highest BCUT2D eigenvalue weighted by Crippen LogP contribution is 2.29. The Hall–Kier alpha value is -2.51. The average Bonchev–Trinajstić information content (AvgIpc) is 3.37. The molecule has 27 heavy (non-hydrogen) atoms. The van der Waals surface area contributed by atoms with E-state index in [0.29, 0.717) is 5.82 Å². The monoisotopic (exact) mass is 381 g/mol. The third-order valence-electron chi connectivity index (χ3n) is 5.01. The van der Waals surface area contributed by atoms with Crippen LogP contribution in [0.15, 0.2) is 41.8 Å². The van der Waals surface area contributed by atoms with Gasteiger partial charge in [0.05, 0.1) is 12.0 Å². The standard InChI is InChI=1S/C20H23N5OS/c1-13-8-9-27-18(13)12-25-10-16(17(11-25)21-14(2)26)20-22-19(23-24-20)15-6-4-3-5-7-15/h3-9,16-17H,10-12H2,1-2H3,(H,21,26)(H,22,23,24)/t16-,17-/m1/s1. The number of amides is 1. The fourth-order valence-corrected chi connectivity index (χ4v) is 4.57. The third-order valence-corrected chi connectivity index (χ3v) is 6.01. The minimum atomic E-state index is -0.0121. The van der Waals surface area contributed by atoms with E-state index < -0.39 is 0 Å². The number of aromatic amines is 1. The summed E-state index contributed by atoms with van der Waals surface area (Å²) < 4.78 is 0. The Balaban J connectivity index is 1.55. The van der Waals surface area contributed by atoms with Gasteiger partial charge in [-0.15, -0.1) is 11.3 Å². The van der Waals surface area contributed by atoms with Crippen LogP contribution in [0.1, 0.15) is 29.1 Å². The van der Waals surface area contributed by atoms with Crippen LogP contribution in [0.2, 0.25) is 0 Å². The molecule has 2 aromatic heterocycles. The van der Waals surface area contributed by atoms with Crippen LogP contribution in [0.25, 0.3) is 11.4 Å². The van der Waals surface area contributed by atoms with Crippen LogP contribution >= 0.6 is 11.3 Å². The van der Waals surface area contributed by atoms with Gasteiger partial charge in [0.1, 0.15) is 5.82 Å². The number of hydrogen-bond acceptors (Lipinski definition) is 5. The van der Waals surface area contributed by atoms with E-state index >= 15 is 0 Å². The molecular formula is C20H23N5OS. The van der Waals surface area contributed by atoms with Gasteiger partial charge in [0.15, 0.2) is 5.82 Å². The number of carbonyl (C=O) groups is 1. The smallest absolute Gasteiger partial charge is 0.217 e. The number of hydrogen-bond donors (Lipinski definition) is 2. The van der Waals surface area contributed by atoms with Crippen molar-refractivity contribution in [2.24, 2.45) is 0 Å². The van der Waals surface area contributed by atoms with E-state index in [0.717, 1.165) is 31.0 Å². The van der Waals surface area contributed by atoms with Crippen LogP contribution in [0.4, 0.5) is 0 Å². The second-order valence-electron chi connectivity index (χ2n) is 7.04. The minimum Gasteiger partial charge on any atom is -0.352 e. The summed E-state index contributed by atoms with van der Waals surface area (Å²) in [6.07, 6.45) is 0. The summed E-state index contributed by atoms with van der Waals surface area (Å²) in [5, 5.41) is 12.7. The molecule has 6 nitrogen and oxygen atoms in total. The van der Waals surface area contributed by atoms with Gasteiger partial charge in [0.2, 0.25) is 5.91 Å². The maximum atomic E-state index is 11.7. The molecule has 3 heterocycles. The van der Waals surface area contributed by atoms with E-state index in [1.165, 1.54) is 10.4 Å². The third kappa shape index (κ3) is 3.94. The van der Waals surface area contributed by atoms with Crippen LogP contribution in [0.3, 0.4) is 0 Å². The Morgan fingerprint density at radius 3 is 2.81 bits per heavy atom. The number of aromatic nitrogens is 3. The van der Waals surface area contributed by atoms with Crippen molar-refractivity contribution in [3.8, 4) is 11.4 Å². The van der Waals surface area contributed by atoms with Crippen molar-refractivity contribution in [3.63, 3.8) is 0 Å². The molecule has 0 spiro atoms. The van der Waals surface area contributed by atoms with Crippen molar-refractivity contribution < 1.29 is 4.79 Å². The van der Waals surface area contributed by atoms with E-state index in [4.69, 9.17) is 4.98 Å². The summed E-state index contributed by atoms with van der Waals surface area (Å²) in [6.45, 7) is 6.26. The molecule has 1 fully saturated rings. The number of rotatable bonds is 5. The summed E-state index contributed by atoms with van der Waals surface area (Å²) >= 11 is 1.79. The predicted molar refractivity (Wildman–Crippen MR) is 106 cm³/mol. The largest absolute Gasteiger partial charge is 0.352 e. The molecule has 1 aromatic carbocycles. The van der Waals surface area contributed by atoms with Gasteiger partial charge in [-0.3, -0.25) is 14.8 Å². The zero-order valence-corrected chi connectivity index (χ0v) is 16.3. The van der Waals surface area contributed by atoms with Crippen LogP contribution in [-0.2, 0) is 11.3 Å². The van der Waals surface area contributed by atoms with E-state index in [2.05, 4.69) is 38.8 Å². The molecule has 1 aliphatic rings. The molecule has 1 saturated heterocycles. The Labute approximate surface area is 162 Å². The van der Waals surface area contributed by atoms with Gasteiger partial charge in [-0.05, 0) is 23.9 Å². The van der Waals surface area contributed by atoms with Gasteiger partial charge >= 0.3 is 0 Å². The second kappa shape index (κ2) is 7.62. The van der Waals surface area contributed by atoms with Crippen molar-refractivity contribution in [3.05, 3.63) is 58.0 Å². The number of aryl methyl sites for hydroxylation is 1. The second-order valence-corrected chi connectivity index (χ2v) is 8.05. The van der Waals surface area contributed by atoms with Crippen molar-refractivity contribution >= 4 is 17.2 Å². The van der Waals surface area contributed by atoms with Gasteiger partial charge < -0.3 is 5.32 Å². The van der Waals surface area contributed by atoms with Gasteiger partial charge in [0.25, 0.3) is 0 Å². The lowest BCUT2D eigenvalue weighted by Crippen LogP contribution is -2.38. The number of H-pyrrole nitrogens is 1. The number of nitrogens with zero attached hydrogens (tertiary/aromatic N) is 3. The predicted octanol–water partition coefficient (Wildman–Crippen LogP) is 2.95. The maximum Gasteiger partial charge on any atom is 0.217 e. The van der Waals surface area contributed by atoms with E-state index in [-0.39, 0.29) is 17.9 Å². The summed E-state index contributed by atoms with van der Waals surface area (Å²) in [5.41, 5.74) is 2.31. The maximum absolute atomic E-state index is 11.7. The van der Waals surface area contributed by atoms with E-state index in [9.17, 15) is 4.79 Å². The van der Waals surface area contributed by atoms with Crippen molar-refractivity contribution in [1.82, 2.24) is 25.4 Å². The SMILES string of the molecule is CC(=O)N[C@@H]1CN(Cc2sccc2C)C[C@H]1c1nc(-c2ccccc2)n[nH]1. The van der Waals surface area contributed by atoms with Gasteiger partial charge in [-0.25, -0.2) is 4.98 Å². The number of nitrogens with one attached hydrogen (secondary N) is 2. The molecule has 2 atom stereocenters. The van der Waals surface area contributed by atoms with Crippen LogP contribution in [-0.4, -0.2) is 45.1 Å². The molecule has 2 N–H and O–H groups in total.